The third-order valence-corrected chi connectivity index (χ3v) is 2.69. The van der Waals surface area contributed by atoms with Crippen LogP contribution in [0.1, 0.15) is 13.3 Å². The maximum atomic E-state index is 11.3. The van der Waals surface area contributed by atoms with Crippen molar-refractivity contribution in [2.75, 3.05) is 19.1 Å². The van der Waals surface area contributed by atoms with Crippen LogP contribution >= 0.6 is 0 Å². The zero-order chi connectivity index (χ0) is 12.2. The molecule has 0 aliphatic heterocycles. The highest BCUT2D eigenvalue weighted by Crippen LogP contribution is 2.03. The van der Waals surface area contributed by atoms with Crippen molar-refractivity contribution < 1.29 is 23.1 Å². The first-order valence-electron chi connectivity index (χ1n) is 4.35. The second-order valence-electron chi connectivity index (χ2n) is 3.34. The van der Waals surface area contributed by atoms with Crippen LogP contribution in [-0.2, 0) is 19.4 Å². The van der Waals surface area contributed by atoms with Gasteiger partial charge in [-0.3, -0.25) is 4.79 Å². The summed E-state index contributed by atoms with van der Waals surface area (Å²) in [5, 5.41) is 8.75. The van der Waals surface area contributed by atoms with Crippen molar-refractivity contribution >= 4 is 21.7 Å². The molecule has 1 atom stereocenters. The molecule has 0 aliphatic rings. The number of carbonyl (C=O) groups excluding carboxylic acids is 1. The number of carboxylic acids is 1. The van der Waals surface area contributed by atoms with Crippen LogP contribution in [0, 0.1) is 0 Å². The zero-order valence-corrected chi connectivity index (χ0v) is 9.74. The molecule has 7 heteroatoms. The zero-order valence-electron chi connectivity index (χ0n) is 8.93. The van der Waals surface area contributed by atoms with Crippen molar-refractivity contribution in [2.24, 2.45) is 0 Å². The number of sulfone groups is 1. The summed E-state index contributed by atoms with van der Waals surface area (Å²) in [6.45, 7) is 1.61. The van der Waals surface area contributed by atoms with Gasteiger partial charge in [0, 0.05) is 13.3 Å². The Morgan fingerprint density at radius 1 is 1.40 bits per heavy atom. The van der Waals surface area contributed by atoms with Gasteiger partial charge in [-0.2, -0.15) is 0 Å². The molecule has 0 heterocycles. The van der Waals surface area contributed by atoms with Gasteiger partial charge in [0.1, 0.15) is 11.8 Å². The molecular formula is C8H15NO5S. The Hall–Kier alpha value is -1.11. The molecule has 0 rings (SSSR count). The molecule has 0 fully saturated rings. The summed E-state index contributed by atoms with van der Waals surface area (Å²) in [7, 11) is -2.13. The van der Waals surface area contributed by atoms with Crippen molar-refractivity contribution in [2.45, 2.75) is 19.4 Å². The van der Waals surface area contributed by atoms with E-state index < -0.39 is 33.5 Å². The topological polar surface area (TPSA) is 91.8 Å². The van der Waals surface area contributed by atoms with Gasteiger partial charge < -0.3 is 10.0 Å². The normalized spacial score (nSPS) is 13.3. The van der Waals surface area contributed by atoms with E-state index >= 15 is 0 Å². The standard InChI is InChI=1S/C8H15NO5S/c1-4-6(8(11)12)9(2)7(10)5-15(3,13)14/h6H,4-5H2,1-3H3,(H,11,12). The molecule has 0 saturated heterocycles. The number of rotatable bonds is 5. The van der Waals surface area contributed by atoms with Crippen LogP contribution in [-0.4, -0.2) is 55.4 Å². The lowest BCUT2D eigenvalue weighted by Crippen LogP contribution is -2.44. The fourth-order valence-electron chi connectivity index (χ4n) is 1.11. The van der Waals surface area contributed by atoms with Crippen LogP contribution in [0.25, 0.3) is 0 Å². The summed E-state index contributed by atoms with van der Waals surface area (Å²) in [6, 6.07) is -0.973. The molecule has 0 spiro atoms. The average Bonchev–Trinajstić information content (AvgIpc) is 2.01. The highest BCUT2D eigenvalue weighted by Gasteiger charge is 2.26. The van der Waals surface area contributed by atoms with Gasteiger partial charge in [-0.1, -0.05) is 6.92 Å². The Morgan fingerprint density at radius 2 is 1.87 bits per heavy atom. The molecule has 0 aromatic carbocycles. The number of hydrogen-bond donors (Lipinski definition) is 1. The molecule has 0 radical (unpaired) electrons. The smallest absolute Gasteiger partial charge is 0.326 e. The molecule has 6 nitrogen and oxygen atoms in total. The number of aliphatic carboxylic acids is 1. The van der Waals surface area contributed by atoms with Crippen LogP contribution in [0.5, 0.6) is 0 Å². The monoisotopic (exact) mass is 237 g/mol. The Balaban J connectivity index is 4.63. The average molecular weight is 237 g/mol. The molecular weight excluding hydrogens is 222 g/mol. The molecule has 1 N–H and O–H groups in total. The number of hydrogen-bond acceptors (Lipinski definition) is 4. The van der Waals surface area contributed by atoms with Gasteiger partial charge in [-0.05, 0) is 6.42 Å². The predicted octanol–water partition coefficient (Wildman–Crippen LogP) is -0.647. The number of carboxylic acid groups (broad SMARTS) is 1. The molecule has 1 amide bonds. The van der Waals surface area contributed by atoms with E-state index in [9.17, 15) is 18.0 Å². The molecule has 15 heavy (non-hydrogen) atoms. The highest BCUT2D eigenvalue weighted by atomic mass is 32.2. The van der Waals surface area contributed by atoms with Gasteiger partial charge in [0.15, 0.2) is 9.84 Å². The summed E-state index contributed by atoms with van der Waals surface area (Å²) in [6.07, 6.45) is 1.17. The summed E-state index contributed by atoms with van der Waals surface area (Å²) in [5.74, 6) is -2.50. The summed E-state index contributed by atoms with van der Waals surface area (Å²) in [4.78, 5) is 23.0. The summed E-state index contributed by atoms with van der Waals surface area (Å²) >= 11 is 0. The number of carbonyl (C=O) groups is 2. The van der Waals surface area contributed by atoms with Gasteiger partial charge in [-0.25, -0.2) is 13.2 Å². The maximum Gasteiger partial charge on any atom is 0.326 e. The Morgan fingerprint density at radius 3 is 2.13 bits per heavy atom. The molecule has 0 aromatic heterocycles. The Kier molecular flexibility index (Phi) is 4.73. The lowest BCUT2D eigenvalue weighted by atomic mass is 10.2. The lowest BCUT2D eigenvalue weighted by molar-refractivity contribution is -0.148. The van der Waals surface area contributed by atoms with Gasteiger partial charge in [-0.15, -0.1) is 0 Å². The third kappa shape index (κ3) is 4.78. The minimum Gasteiger partial charge on any atom is -0.480 e. The first-order valence-corrected chi connectivity index (χ1v) is 6.41. The van der Waals surface area contributed by atoms with E-state index in [0.29, 0.717) is 0 Å². The van der Waals surface area contributed by atoms with Gasteiger partial charge >= 0.3 is 5.97 Å². The van der Waals surface area contributed by atoms with Gasteiger partial charge in [0.2, 0.25) is 5.91 Å². The second kappa shape index (κ2) is 5.11. The quantitative estimate of drug-likeness (QED) is 0.686. The van der Waals surface area contributed by atoms with Gasteiger partial charge in [0.05, 0.1) is 0 Å². The minimum atomic E-state index is -3.42. The third-order valence-electron chi connectivity index (χ3n) is 1.92. The van der Waals surface area contributed by atoms with Crippen molar-refractivity contribution in [1.29, 1.82) is 0 Å². The van der Waals surface area contributed by atoms with Crippen molar-refractivity contribution in [1.82, 2.24) is 4.90 Å². The summed E-state index contributed by atoms with van der Waals surface area (Å²) < 4.78 is 21.7. The fourth-order valence-corrected chi connectivity index (χ4v) is 1.77. The summed E-state index contributed by atoms with van der Waals surface area (Å²) in [5.41, 5.74) is 0. The number of amides is 1. The predicted molar refractivity (Wildman–Crippen MR) is 54.2 cm³/mol. The SMILES string of the molecule is CCC(C(=O)O)N(C)C(=O)CS(C)(=O)=O. The minimum absolute atomic E-state index is 0.237. The van der Waals surface area contributed by atoms with E-state index in [4.69, 9.17) is 5.11 Å². The van der Waals surface area contributed by atoms with E-state index in [1.165, 1.54) is 7.05 Å². The van der Waals surface area contributed by atoms with Crippen LogP contribution in [0.3, 0.4) is 0 Å². The number of likely N-dealkylation sites (N-methyl/N-ethyl adjacent to an activating group) is 1. The lowest BCUT2D eigenvalue weighted by Gasteiger charge is -2.23. The van der Waals surface area contributed by atoms with Crippen LogP contribution in [0.2, 0.25) is 0 Å². The van der Waals surface area contributed by atoms with Crippen LogP contribution < -0.4 is 0 Å². The van der Waals surface area contributed by atoms with E-state index in [2.05, 4.69) is 0 Å². The second-order valence-corrected chi connectivity index (χ2v) is 5.48. The van der Waals surface area contributed by atoms with E-state index in [1.54, 1.807) is 6.92 Å². The fraction of sp³-hybridized carbons (Fsp3) is 0.750. The molecule has 0 saturated carbocycles. The maximum absolute atomic E-state index is 11.3. The van der Waals surface area contributed by atoms with Crippen molar-refractivity contribution in [3.05, 3.63) is 0 Å². The largest absolute Gasteiger partial charge is 0.480 e. The van der Waals surface area contributed by atoms with Crippen LogP contribution in [0.15, 0.2) is 0 Å². The molecule has 0 bridgehead atoms. The van der Waals surface area contributed by atoms with Crippen molar-refractivity contribution in [3.63, 3.8) is 0 Å². The first kappa shape index (κ1) is 13.9. The van der Waals surface area contributed by atoms with Crippen LogP contribution in [0.4, 0.5) is 0 Å². The Labute approximate surface area is 88.8 Å². The molecule has 0 aromatic rings. The molecule has 1 unspecified atom stereocenters. The highest BCUT2D eigenvalue weighted by molar-refractivity contribution is 7.91. The van der Waals surface area contributed by atoms with Crippen molar-refractivity contribution in [3.8, 4) is 0 Å². The molecule has 88 valence electrons. The first-order chi connectivity index (χ1) is 6.69. The van der Waals surface area contributed by atoms with E-state index in [0.717, 1.165) is 11.2 Å². The molecule has 0 aliphatic carbocycles. The number of nitrogens with zero attached hydrogens (tertiary/aromatic N) is 1. The van der Waals surface area contributed by atoms with E-state index in [-0.39, 0.29) is 6.42 Å². The van der Waals surface area contributed by atoms with Gasteiger partial charge in [0.25, 0.3) is 0 Å². The van der Waals surface area contributed by atoms with E-state index in [1.807, 2.05) is 0 Å². The Bertz CT molecular complexity index is 348.